The van der Waals surface area contributed by atoms with Gasteiger partial charge in [-0.05, 0) is 51.0 Å². The number of piperidine rings is 1. The highest BCUT2D eigenvalue weighted by Crippen LogP contribution is 2.32. The van der Waals surface area contributed by atoms with E-state index < -0.39 is 5.41 Å². The lowest BCUT2D eigenvalue weighted by Gasteiger charge is -2.39. The molecule has 1 fully saturated rings. The third kappa shape index (κ3) is 3.97. The Labute approximate surface area is 180 Å². The van der Waals surface area contributed by atoms with Crippen molar-refractivity contribution < 1.29 is 9.59 Å². The molecule has 2 aromatic heterocycles. The molecule has 2 amide bonds. The number of nitrogens with zero attached hydrogens (tertiary/aromatic N) is 4. The van der Waals surface area contributed by atoms with Crippen LogP contribution in [0.3, 0.4) is 0 Å². The predicted molar refractivity (Wildman–Crippen MR) is 119 cm³/mol. The van der Waals surface area contributed by atoms with Crippen molar-refractivity contribution in [2.45, 2.75) is 33.2 Å². The molecule has 1 aliphatic rings. The topological polar surface area (TPSA) is 89.2 Å². The van der Waals surface area contributed by atoms with E-state index in [0.29, 0.717) is 30.8 Å². The number of hydrogen-bond donors (Lipinski definition) is 1. The molecule has 0 unspecified atom stereocenters. The lowest BCUT2D eigenvalue weighted by Crippen LogP contribution is -2.50. The maximum atomic E-state index is 13.2. The van der Waals surface area contributed by atoms with Gasteiger partial charge in [-0.15, -0.1) is 0 Å². The molecule has 3 heterocycles. The summed E-state index contributed by atoms with van der Waals surface area (Å²) < 4.78 is 3.44. The number of amides is 2. The number of benzene rings is 1. The van der Waals surface area contributed by atoms with Crippen LogP contribution >= 0.6 is 0 Å². The van der Waals surface area contributed by atoms with Crippen LogP contribution in [0, 0.1) is 5.41 Å². The van der Waals surface area contributed by atoms with E-state index in [1.54, 1.807) is 30.5 Å². The Bertz CT molecular complexity index is 1210. The zero-order valence-electron chi connectivity index (χ0n) is 18.1. The van der Waals surface area contributed by atoms with Crippen molar-refractivity contribution in [1.82, 2.24) is 19.0 Å². The molecule has 4 rings (SSSR count). The van der Waals surface area contributed by atoms with Gasteiger partial charge in [0.05, 0.1) is 28.3 Å². The zero-order chi connectivity index (χ0) is 22.2. The molecule has 1 aromatic carbocycles. The van der Waals surface area contributed by atoms with Gasteiger partial charge in [0, 0.05) is 44.6 Å². The molecule has 0 spiro atoms. The Hall–Kier alpha value is -3.42. The molecular weight excluding hydrogens is 394 g/mol. The minimum atomic E-state index is -0.702. The minimum absolute atomic E-state index is 0.111. The summed E-state index contributed by atoms with van der Waals surface area (Å²) in [6, 6.07) is 8.65. The number of aromatic nitrogens is 3. The molecule has 0 bridgehead atoms. The third-order valence-corrected chi connectivity index (χ3v) is 6.08. The van der Waals surface area contributed by atoms with Crippen molar-refractivity contribution in [3.8, 4) is 0 Å². The highest BCUT2D eigenvalue weighted by molar-refractivity contribution is 5.98. The Kier molecular flexibility index (Phi) is 5.39. The molecule has 1 aliphatic heterocycles. The molecule has 1 atom stereocenters. The van der Waals surface area contributed by atoms with Crippen LogP contribution in [0.25, 0.3) is 11.0 Å². The molecule has 0 saturated carbocycles. The van der Waals surface area contributed by atoms with Crippen LogP contribution in [0.1, 0.15) is 37.0 Å². The lowest BCUT2D eigenvalue weighted by atomic mass is 9.80. The second-order valence-electron chi connectivity index (χ2n) is 8.45. The van der Waals surface area contributed by atoms with E-state index in [2.05, 4.69) is 17.2 Å². The summed E-state index contributed by atoms with van der Waals surface area (Å²) in [5.74, 6) is -0.277. The maximum Gasteiger partial charge on any atom is 0.255 e. The second kappa shape index (κ2) is 8.02. The first-order valence-corrected chi connectivity index (χ1v) is 10.5. The highest BCUT2D eigenvalue weighted by Gasteiger charge is 2.39. The first-order valence-electron chi connectivity index (χ1n) is 10.5. The molecule has 1 N–H and O–H groups in total. The van der Waals surface area contributed by atoms with Crippen molar-refractivity contribution in [2.75, 3.05) is 18.4 Å². The molecule has 1 saturated heterocycles. The number of likely N-dealkylation sites (tertiary alicyclic amines) is 1. The number of pyridine rings is 1. The minimum Gasteiger partial charge on any atom is -0.338 e. The van der Waals surface area contributed by atoms with Crippen LogP contribution in [0.5, 0.6) is 0 Å². The summed E-state index contributed by atoms with van der Waals surface area (Å²) >= 11 is 0. The van der Waals surface area contributed by atoms with Crippen molar-refractivity contribution in [3.05, 3.63) is 58.8 Å². The largest absolute Gasteiger partial charge is 0.338 e. The fraction of sp³-hybridized carbons (Fsp3) is 0.391. The van der Waals surface area contributed by atoms with Gasteiger partial charge in [0.2, 0.25) is 11.5 Å². The number of fused-ring (bicyclic) bond motifs is 1. The van der Waals surface area contributed by atoms with Crippen LogP contribution in [-0.4, -0.2) is 43.9 Å². The van der Waals surface area contributed by atoms with Crippen LogP contribution in [0.15, 0.2) is 47.7 Å². The van der Waals surface area contributed by atoms with Crippen LogP contribution in [0.4, 0.5) is 5.69 Å². The number of carbonyl (C=O) groups is 2. The first kappa shape index (κ1) is 20.8. The van der Waals surface area contributed by atoms with Gasteiger partial charge in [-0.2, -0.15) is 0 Å². The van der Waals surface area contributed by atoms with Gasteiger partial charge in [-0.1, -0.05) is 0 Å². The van der Waals surface area contributed by atoms with E-state index in [1.807, 2.05) is 29.7 Å². The Morgan fingerprint density at radius 3 is 2.77 bits per heavy atom. The maximum absolute atomic E-state index is 13.2. The first-order chi connectivity index (χ1) is 14.8. The average Bonchev–Trinajstić information content (AvgIpc) is 3.17. The number of nitrogens with one attached hydrogen (secondary N) is 1. The molecule has 8 heteroatoms. The summed E-state index contributed by atoms with van der Waals surface area (Å²) in [5.41, 5.74) is 2.13. The summed E-state index contributed by atoms with van der Waals surface area (Å²) in [4.78, 5) is 43.9. The van der Waals surface area contributed by atoms with Crippen molar-refractivity contribution in [2.24, 2.45) is 12.5 Å². The summed E-state index contributed by atoms with van der Waals surface area (Å²) in [6.45, 7) is 5.70. The van der Waals surface area contributed by atoms with E-state index in [9.17, 15) is 14.4 Å². The molecule has 0 radical (unpaired) electrons. The molecular formula is C23H27N5O3. The average molecular weight is 422 g/mol. The number of hydrogen-bond acceptors (Lipinski definition) is 4. The fourth-order valence-electron chi connectivity index (χ4n) is 4.18. The van der Waals surface area contributed by atoms with Crippen LogP contribution in [-0.2, 0) is 18.4 Å². The second-order valence-corrected chi connectivity index (χ2v) is 8.45. The summed E-state index contributed by atoms with van der Waals surface area (Å²) in [5, 5.41) is 3.02. The fourth-order valence-corrected chi connectivity index (χ4v) is 4.18. The van der Waals surface area contributed by atoms with E-state index in [4.69, 9.17) is 0 Å². The molecule has 3 aromatic rings. The van der Waals surface area contributed by atoms with E-state index in [1.165, 1.54) is 10.6 Å². The van der Waals surface area contributed by atoms with Gasteiger partial charge >= 0.3 is 0 Å². The van der Waals surface area contributed by atoms with E-state index in [-0.39, 0.29) is 17.4 Å². The highest BCUT2D eigenvalue weighted by atomic mass is 16.2. The van der Waals surface area contributed by atoms with Gasteiger partial charge in [-0.25, -0.2) is 4.98 Å². The number of imidazole rings is 1. The quantitative estimate of drug-likeness (QED) is 0.701. The SMILES string of the molecule is CCn1cnc2cc(NC(=O)[C@]3(C)CCCN(C(=O)c4ccc(=O)n(C)c4)C3)ccc21. The van der Waals surface area contributed by atoms with Gasteiger partial charge in [-0.3, -0.25) is 14.4 Å². The van der Waals surface area contributed by atoms with Gasteiger partial charge in [0.15, 0.2) is 0 Å². The van der Waals surface area contributed by atoms with Crippen LogP contribution < -0.4 is 10.9 Å². The standard InChI is InChI=1S/C23H27N5O3/c1-4-27-15-24-18-12-17(7-8-19(18)27)25-22(31)23(2)10-5-11-28(14-23)21(30)16-6-9-20(29)26(3)13-16/h6-9,12-13,15H,4-5,10-11,14H2,1-3H3,(H,25,31)/t23-/m1/s1. The van der Waals surface area contributed by atoms with Gasteiger partial charge < -0.3 is 19.4 Å². The zero-order valence-corrected chi connectivity index (χ0v) is 18.1. The molecule has 162 valence electrons. The Morgan fingerprint density at radius 1 is 1.23 bits per heavy atom. The van der Waals surface area contributed by atoms with Crippen LogP contribution in [0.2, 0.25) is 0 Å². The number of rotatable bonds is 4. The van der Waals surface area contributed by atoms with E-state index >= 15 is 0 Å². The predicted octanol–water partition coefficient (Wildman–Crippen LogP) is 2.64. The van der Waals surface area contributed by atoms with Gasteiger partial charge in [0.1, 0.15) is 0 Å². The Balaban J connectivity index is 1.50. The summed E-state index contributed by atoms with van der Waals surface area (Å²) in [6.07, 6.45) is 4.77. The van der Waals surface area contributed by atoms with Crippen molar-refractivity contribution in [3.63, 3.8) is 0 Å². The molecule has 0 aliphatic carbocycles. The van der Waals surface area contributed by atoms with Crippen molar-refractivity contribution in [1.29, 1.82) is 0 Å². The number of carbonyl (C=O) groups excluding carboxylic acids is 2. The normalized spacial score (nSPS) is 18.9. The van der Waals surface area contributed by atoms with Crippen molar-refractivity contribution >= 4 is 28.5 Å². The number of anilines is 1. The Morgan fingerprint density at radius 2 is 2.03 bits per heavy atom. The van der Waals surface area contributed by atoms with E-state index in [0.717, 1.165) is 24.0 Å². The third-order valence-electron chi connectivity index (χ3n) is 6.08. The van der Waals surface area contributed by atoms with Gasteiger partial charge in [0.25, 0.3) is 5.91 Å². The molecule has 8 nitrogen and oxygen atoms in total. The smallest absolute Gasteiger partial charge is 0.255 e. The molecule has 31 heavy (non-hydrogen) atoms. The lowest BCUT2D eigenvalue weighted by molar-refractivity contribution is -0.127. The summed E-state index contributed by atoms with van der Waals surface area (Å²) in [7, 11) is 1.62. The monoisotopic (exact) mass is 421 g/mol. The number of aryl methyl sites for hydroxylation is 2.